The average molecular weight is 318 g/mol. The van der Waals surface area contributed by atoms with Crippen LogP contribution >= 0.6 is 0 Å². The van der Waals surface area contributed by atoms with Gasteiger partial charge in [0.15, 0.2) is 0 Å². The second-order valence-corrected chi connectivity index (χ2v) is 4.64. The van der Waals surface area contributed by atoms with Gasteiger partial charge in [-0.1, -0.05) is 29.8 Å². The predicted molar refractivity (Wildman–Crippen MR) is 61.5 cm³/mol. The maximum absolute atomic E-state index is 13.7. The molecule has 1 aromatic carbocycles. The normalized spacial score (nSPS) is 15.1. The van der Waals surface area contributed by atoms with E-state index in [0.717, 1.165) is 12.7 Å². The molecule has 0 amide bonds. The van der Waals surface area contributed by atoms with Crippen LogP contribution in [-0.2, 0) is 4.74 Å². The Hall–Kier alpha value is -1.31. The van der Waals surface area contributed by atoms with E-state index < -0.39 is 30.5 Å². The summed E-state index contributed by atoms with van der Waals surface area (Å²) in [6, 6.07) is 5.58. The van der Waals surface area contributed by atoms with E-state index in [1.54, 1.807) is 6.92 Å². The number of alkyl halides is 7. The summed E-state index contributed by atoms with van der Waals surface area (Å²) < 4.78 is 93.5. The highest BCUT2D eigenvalue weighted by Gasteiger charge is 2.72. The van der Waals surface area contributed by atoms with Gasteiger partial charge in [-0.25, -0.2) is 4.39 Å². The van der Waals surface area contributed by atoms with Crippen LogP contribution in [0.1, 0.15) is 23.7 Å². The zero-order valence-electron chi connectivity index (χ0n) is 11.1. The fraction of sp³-hybridized carbons (Fsp3) is 0.538. The molecule has 0 bridgehead atoms. The Labute approximate surface area is 116 Å². The largest absolute Gasteiger partial charge is 0.431 e. The van der Waals surface area contributed by atoms with Crippen LogP contribution in [0, 0.1) is 6.92 Å². The van der Waals surface area contributed by atoms with Gasteiger partial charge in [-0.3, -0.25) is 0 Å². The number of ether oxygens (including phenoxy) is 1. The van der Waals surface area contributed by atoms with Crippen LogP contribution in [0.25, 0.3) is 0 Å². The SMILES string of the molecule is COC(CC(F)(C(F)(F)F)C(F)(F)F)c1ccc(C)cc1. The minimum absolute atomic E-state index is 0.0404. The highest BCUT2D eigenvalue weighted by atomic mass is 19.4. The van der Waals surface area contributed by atoms with E-state index in [2.05, 4.69) is 4.74 Å². The zero-order valence-corrected chi connectivity index (χ0v) is 11.1. The Bertz CT molecular complexity index is 447. The van der Waals surface area contributed by atoms with Gasteiger partial charge >= 0.3 is 18.0 Å². The number of benzene rings is 1. The lowest BCUT2D eigenvalue weighted by molar-refractivity contribution is -0.348. The Morgan fingerprint density at radius 2 is 1.33 bits per heavy atom. The van der Waals surface area contributed by atoms with Crippen LogP contribution in [0.2, 0.25) is 0 Å². The summed E-state index contributed by atoms with van der Waals surface area (Å²) in [5.41, 5.74) is -4.53. The first-order chi connectivity index (χ1) is 9.42. The van der Waals surface area contributed by atoms with Crippen molar-refractivity contribution in [2.45, 2.75) is 37.5 Å². The third kappa shape index (κ3) is 3.66. The van der Waals surface area contributed by atoms with Crippen LogP contribution in [0.15, 0.2) is 24.3 Å². The first kappa shape index (κ1) is 17.7. The summed E-state index contributed by atoms with van der Waals surface area (Å²) in [5, 5.41) is 0. The van der Waals surface area contributed by atoms with Crippen molar-refractivity contribution in [1.29, 1.82) is 0 Å². The number of halogens is 7. The Balaban J connectivity index is 3.15. The van der Waals surface area contributed by atoms with Crippen LogP contribution in [-0.4, -0.2) is 25.1 Å². The van der Waals surface area contributed by atoms with Gasteiger partial charge in [0.05, 0.1) is 6.10 Å². The first-order valence-corrected chi connectivity index (χ1v) is 5.84. The summed E-state index contributed by atoms with van der Waals surface area (Å²) in [6.45, 7) is 1.69. The Morgan fingerprint density at radius 3 is 1.67 bits per heavy atom. The van der Waals surface area contributed by atoms with Gasteiger partial charge in [0.25, 0.3) is 0 Å². The first-order valence-electron chi connectivity index (χ1n) is 5.84. The average Bonchev–Trinajstić information content (AvgIpc) is 2.34. The van der Waals surface area contributed by atoms with Crippen molar-refractivity contribution in [3.05, 3.63) is 35.4 Å². The summed E-state index contributed by atoms with van der Waals surface area (Å²) in [4.78, 5) is 0. The highest BCUT2D eigenvalue weighted by molar-refractivity contribution is 5.24. The van der Waals surface area contributed by atoms with E-state index in [-0.39, 0.29) is 5.56 Å². The van der Waals surface area contributed by atoms with Crippen LogP contribution < -0.4 is 0 Å². The number of hydrogen-bond acceptors (Lipinski definition) is 1. The lowest BCUT2D eigenvalue weighted by Crippen LogP contribution is -2.54. The van der Waals surface area contributed by atoms with E-state index in [1.807, 2.05) is 0 Å². The van der Waals surface area contributed by atoms with Crippen LogP contribution in [0.3, 0.4) is 0 Å². The molecule has 8 heteroatoms. The maximum atomic E-state index is 13.7. The molecule has 0 saturated heterocycles. The molecule has 0 aliphatic rings. The number of methoxy groups -OCH3 is 1. The zero-order chi connectivity index (χ0) is 16.5. The number of aryl methyl sites for hydroxylation is 1. The molecule has 1 aromatic rings. The van der Waals surface area contributed by atoms with Gasteiger partial charge in [-0.2, -0.15) is 26.3 Å². The molecule has 1 rings (SSSR count). The van der Waals surface area contributed by atoms with E-state index in [9.17, 15) is 30.7 Å². The third-order valence-electron chi connectivity index (χ3n) is 3.10. The lowest BCUT2D eigenvalue weighted by Gasteiger charge is -2.32. The minimum Gasteiger partial charge on any atom is -0.377 e. The van der Waals surface area contributed by atoms with Gasteiger partial charge < -0.3 is 4.74 Å². The molecule has 120 valence electrons. The van der Waals surface area contributed by atoms with Crippen molar-refractivity contribution in [3.63, 3.8) is 0 Å². The molecule has 1 atom stereocenters. The van der Waals surface area contributed by atoms with Crippen molar-refractivity contribution in [2.24, 2.45) is 0 Å². The number of rotatable bonds is 4. The van der Waals surface area contributed by atoms with E-state index in [1.165, 1.54) is 24.3 Å². The molecule has 1 unspecified atom stereocenters. The topological polar surface area (TPSA) is 9.23 Å². The molecule has 0 fully saturated rings. The van der Waals surface area contributed by atoms with E-state index in [4.69, 9.17) is 0 Å². The minimum atomic E-state index is -6.08. The maximum Gasteiger partial charge on any atom is 0.431 e. The molecule has 0 aliphatic carbocycles. The number of hydrogen-bond donors (Lipinski definition) is 0. The molecular weight excluding hydrogens is 305 g/mol. The molecule has 0 N–H and O–H groups in total. The molecule has 0 heterocycles. The summed E-state index contributed by atoms with van der Waals surface area (Å²) >= 11 is 0. The van der Waals surface area contributed by atoms with Crippen molar-refractivity contribution in [3.8, 4) is 0 Å². The molecule has 1 nitrogen and oxygen atoms in total. The fourth-order valence-corrected chi connectivity index (χ4v) is 1.77. The Kier molecular flexibility index (Phi) is 4.92. The molecule has 0 radical (unpaired) electrons. The summed E-state index contributed by atoms with van der Waals surface area (Å²) in [5.74, 6) is 0. The Morgan fingerprint density at radius 1 is 0.905 bits per heavy atom. The third-order valence-corrected chi connectivity index (χ3v) is 3.10. The molecule has 0 aliphatic heterocycles. The second kappa shape index (κ2) is 5.82. The summed E-state index contributed by atoms with van der Waals surface area (Å²) in [6.07, 6.45) is -15.7. The van der Waals surface area contributed by atoms with Gasteiger partial charge in [-0.05, 0) is 12.5 Å². The molecular formula is C13H13F7O. The highest BCUT2D eigenvalue weighted by Crippen LogP contribution is 2.51. The second-order valence-electron chi connectivity index (χ2n) is 4.64. The van der Waals surface area contributed by atoms with Gasteiger partial charge in [0, 0.05) is 13.5 Å². The fourth-order valence-electron chi connectivity index (χ4n) is 1.77. The van der Waals surface area contributed by atoms with Crippen molar-refractivity contribution < 1.29 is 35.5 Å². The quantitative estimate of drug-likeness (QED) is 0.717. The van der Waals surface area contributed by atoms with Crippen molar-refractivity contribution >= 4 is 0 Å². The standard InChI is InChI=1S/C13H13F7O/c1-8-3-5-9(6-4-8)10(21-2)7-11(14,12(15,16)17)13(18,19)20/h3-6,10H,7H2,1-2H3. The van der Waals surface area contributed by atoms with Gasteiger partial charge in [0.1, 0.15) is 0 Å². The smallest absolute Gasteiger partial charge is 0.377 e. The lowest BCUT2D eigenvalue weighted by atomic mass is 9.92. The van der Waals surface area contributed by atoms with Gasteiger partial charge in [-0.15, -0.1) is 0 Å². The van der Waals surface area contributed by atoms with Crippen molar-refractivity contribution in [1.82, 2.24) is 0 Å². The van der Waals surface area contributed by atoms with Gasteiger partial charge in [0.2, 0.25) is 0 Å². The van der Waals surface area contributed by atoms with E-state index >= 15 is 0 Å². The summed E-state index contributed by atoms with van der Waals surface area (Å²) in [7, 11) is 0.928. The van der Waals surface area contributed by atoms with E-state index in [0.29, 0.717) is 0 Å². The van der Waals surface area contributed by atoms with Crippen LogP contribution in [0.5, 0.6) is 0 Å². The monoisotopic (exact) mass is 318 g/mol. The molecule has 21 heavy (non-hydrogen) atoms. The molecule has 0 spiro atoms. The molecule has 0 aromatic heterocycles. The van der Waals surface area contributed by atoms with Crippen LogP contribution in [0.4, 0.5) is 30.7 Å². The molecule has 0 saturated carbocycles. The predicted octanol–water partition coefficient (Wildman–Crippen LogP) is 4.91. The van der Waals surface area contributed by atoms with Crippen molar-refractivity contribution in [2.75, 3.05) is 7.11 Å².